The lowest BCUT2D eigenvalue weighted by molar-refractivity contribution is -0.139. The number of hydrogen-bond acceptors (Lipinski definition) is 4. The molecule has 0 saturated carbocycles. The Kier molecular flexibility index (Phi) is 7.34. The number of anilines is 1. The van der Waals surface area contributed by atoms with Crippen molar-refractivity contribution in [3.05, 3.63) is 65.5 Å². The van der Waals surface area contributed by atoms with Gasteiger partial charge >= 0.3 is 6.03 Å². The summed E-state index contributed by atoms with van der Waals surface area (Å²) in [5.74, 6) is -2.10. The molecule has 2 fully saturated rings. The molecular weight excluding hydrogens is 475 g/mol. The summed E-state index contributed by atoms with van der Waals surface area (Å²) in [6.45, 7) is 6.04. The molecule has 37 heavy (non-hydrogen) atoms. The molecule has 1 atom stereocenters. The summed E-state index contributed by atoms with van der Waals surface area (Å²) >= 11 is 0. The third kappa shape index (κ3) is 4.70. The predicted molar refractivity (Wildman–Crippen MR) is 138 cm³/mol. The fourth-order valence-corrected chi connectivity index (χ4v) is 5.19. The standard InChI is InChI=1S/C28H33FN4O4/c1-5-19-11-12-22(29)21(17-19)24(34)30-23(18(2)3)25(35)32-15-13-28(14-16-32)26(36)31(4)27(37)33(28)20-9-7-6-8-10-20/h6-12,17-18,23H,5,13-16H2,1-4H3,(H,30,34)/t23-/m1/s1. The van der Waals surface area contributed by atoms with Gasteiger partial charge in [-0.15, -0.1) is 0 Å². The molecule has 5 amide bonds. The number of benzene rings is 2. The maximum Gasteiger partial charge on any atom is 0.331 e. The lowest BCUT2D eigenvalue weighted by Gasteiger charge is -2.43. The normalized spacial score (nSPS) is 18.1. The number of para-hydroxylation sites is 1. The van der Waals surface area contributed by atoms with Crippen LogP contribution in [0.1, 0.15) is 49.5 Å². The Morgan fingerprint density at radius 1 is 1.05 bits per heavy atom. The smallest absolute Gasteiger partial charge is 0.331 e. The number of nitrogens with zero attached hydrogens (tertiary/aromatic N) is 3. The molecule has 0 unspecified atom stereocenters. The van der Waals surface area contributed by atoms with Crippen LogP contribution in [0.5, 0.6) is 0 Å². The van der Waals surface area contributed by atoms with E-state index in [0.717, 1.165) is 10.5 Å². The van der Waals surface area contributed by atoms with Crippen LogP contribution in [0.25, 0.3) is 0 Å². The molecule has 1 spiro atoms. The van der Waals surface area contributed by atoms with Gasteiger partial charge in [0.2, 0.25) is 5.91 Å². The molecule has 0 radical (unpaired) electrons. The van der Waals surface area contributed by atoms with Crippen molar-refractivity contribution in [2.45, 2.75) is 51.6 Å². The van der Waals surface area contributed by atoms with Crippen molar-refractivity contribution in [1.29, 1.82) is 0 Å². The first-order valence-corrected chi connectivity index (χ1v) is 12.7. The zero-order valence-corrected chi connectivity index (χ0v) is 21.7. The highest BCUT2D eigenvalue weighted by Gasteiger charge is 2.58. The Morgan fingerprint density at radius 3 is 2.30 bits per heavy atom. The second-order valence-corrected chi connectivity index (χ2v) is 10.0. The zero-order valence-electron chi connectivity index (χ0n) is 21.7. The second kappa shape index (κ2) is 10.3. The SMILES string of the molecule is CCc1ccc(F)c(C(=O)N[C@@H](C(=O)N2CCC3(CC2)C(=O)N(C)C(=O)N3c2ccccc2)C(C)C)c1. The lowest BCUT2D eigenvalue weighted by atomic mass is 9.85. The van der Waals surface area contributed by atoms with Gasteiger partial charge in [-0.3, -0.25) is 24.2 Å². The van der Waals surface area contributed by atoms with E-state index in [1.54, 1.807) is 28.0 Å². The summed E-state index contributed by atoms with van der Waals surface area (Å²) in [5.41, 5.74) is 0.300. The third-order valence-electron chi connectivity index (χ3n) is 7.43. The molecule has 0 aromatic heterocycles. The van der Waals surface area contributed by atoms with Gasteiger partial charge in [-0.1, -0.05) is 45.0 Å². The molecule has 2 saturated heterocycles. The highest BCUT2D eigenvalue weighted by molar-refractivity contribution is 6.16. The van der Waals surface area contributed by atoms with Gasteiger partial charge in [-0.05, 0) is 55.0 Å². The van der Waals surface area contributed by atoms with Gasteiger partial charge in [0.25, 0.3) is 11.8 Å². The van der Waals surface area contributed by atoms with Gasteiger partial charge in [0, 0.05) is 25.8 Å². The Bertz CT molecular complexity index is 1210. The Hall–Kier alpha value is -3.75. The quantitative estimate of drug-likeness (QED) is 0.604. The molecule has 2 heterocycles. The van der Waals surface area contributed by atoms with E-state index in [2.05, 4.69) is 5.32 Å². The van der Waals surface area contributed by atoms with Crippen LogP contribution in [0.4, 0.5) is 14.9 Å². The molecule has 4 rings (SSSR count). The highest BCUT2D eigenvalue weighted by atomic mass is 19.1. The average molecular weight is 509 g/mol. The van der Waals surface area contributed by atoms with Crippen molar-refractivity contribution in [3.8, 4) is 0 Å². The van der Waals surface area contributed by atoms with Crippen LogP contribution in [0.15, 0.2) is 48.5 Å². The summed E-state index contributed by atoms with van der Waals surface area (Å²) < 4.78 is 14.4. The number of halogens is 1. The number of likely N-dealkylation sites (N-methyl/N-ethyl adjacent to an activating group) is 1. The van der Waals surface area contributed by atoms with Gasteiger partial charge in [-0.2, -0.15) is 0 Å². The number of amides is 5. The number of urea groups is 1. The van der Waals surface area contributed by atoms with Gasteiger partial charge in [0.05, 0.1) is 5.56 Å². The van der Waals surface area contributed by atoms with Gasteiger partial charge in [0.15, 0.2) is 0 Å². The van der Waals surface area contributed by atoms with Crippen molar-refractivity contribution in [1.82, 2.24) is 15.1 Å². The van der Waals surface area contributed by atoms with E-state index in [-0.39, 0.29) is 55.3 Å². The van der Waals surface area contributed by atoms with Crippen LogP contribution >= 0.6 is 0 Å². The fraction of sp³-hybridized carbons (Fsp3) is 0.429. The number of hydrogen-bond donors (Lipinski definition) is 1. The van der Waals surface area contributed by atoms with Crippen LogP contribution in [-0.4, -0.2) is 65.3 Å². The molecule has 2 aliphatic rings. The minimum absolute atomic E-state index is 0.0907. The van der Waals surface area contributed by atoms with Gasteiger partial charge in [-0.25, -0.2) is 9.18 Å². The van der Waals surface area contributed by atoms with Crippen LogP contribution in [0.2, 0.25) is 0 Å². The molecule has 196 valence electrons. The molecular formula is C28H33FN4O4. The van der Waals surface area contributed by atoms with E-state index < -0.39 is 23.3 Å². The number of rotatable bonds is 6. The Labute approximate surface area is 216 Å². The maximum atomic E-state index is 14.4. The van der Waals surface area contributed by atoms with E-state index in [4.69, 9.17) is 0 Å². The summed E-state index contributed by atoms with van der Waals surface area (Å²) in [7, 11) is 1.48. The summed E-state index contributed by atoms with van der Waals surface area (Å²) in [6, 6.07) is 12.2. The third-order valence-corrected chi connectivity index (χ3v) is 7.43. The fourth-order valence-electron chi connectivity index (χ4n) is 5.19. The minimum Gasteiger partial charge on any atom is -0.341 e. The van der Waals surface area contributed by atoms with Crippen LogP contribution in [-0.2, 0) is 16.0 Å². The van der Waals surface area contributed by atoms with E-state index in [1.807, 2.05) is 39.0 Å². The highest BCUT2D eigenvalue weighted by Crippen LogP contribution is 2.40. The number of carbonyl (C=O) groups excluding carboxylic acids is 4. The van der Waals surface area contributed by atoms with Crippen molar-refractivity contribution in [2.75, 3.05) is 25.0 Å². The van der Waals surface area contributed by atoms with Crippen molar-refractivity contribution in [2.24, 2.45) is 5.92 Å². The largest absolute Gasteiger partial charge is 0.341 e. The minimum atomic E-state index is -1.07. The van der Waals surface area contributed by atoms with Gasteiger partial charge < -0.3 is 10.2 Å². The number of likely N-dealkylation sites (tertiary alicyclic amines) is 1. The first kappa shape index (κ1) is 26.3. The molecule has 0 bridgehead atoms. The molecule has 1 N–H and O–H groups in total. The molecule has 0 aliphatic carbocycles. The number of nitrogens with one attached hydrogen (secondary N) is 1. The number of aryl methyl sites for hydroxylation is 1. The lowest BCUT2D eigenvalue weighted by Crippen LogP contribution is -2.60. The molecule has 2 aromatic rings. The van der Waals surface area contributed by atoms with E-state index in [1.165, 1.54) is 19.2 Å². The van der Waals surface area contributed by atoms with Gasteiger partial charge in [0.1, 0.15) is 17.4 Å². The average Bonchev–Trinajstić information content (AvgIpc) is 3.08. The summed E-state index contributed by atoms with van der Waals surface area (Å²) in [5, 5.41) is 2.73. The topological polar surface area (TPSA) is 90.0 Å². The number of carbonyl (C=O) groups is 4. The van der Waals surface area contributed by atoms with Crippen molar-refractivity contribution >= 4 is 29.4 Å². The number of imide groups is 1. The Morgan fingerprint density at radius 2 is 1.70 bits per heavy atom. The van der Waals surface area contributed by atoms with E-state index in [9.17, 15) is 23.6 Å². The van der Waals surface area contributed by atoms with Crippen LogP contribution in [0.3, 0.4) is 0 Å². The first-order valence-electron chi connectivity index (χ1n) is 12.7. The van der Waals surface area contributed by atoms with Crippen LogP contribution < -0.4 is 10.2 Å². The van der Waals surface area contributed by atoms with Crippen molar-refractivity contribution < 1.29 is 23.6 Å². The summed E-state index contributed by atoms with van der Waals surface area (Å²) in [6.07, 6.45) is 1.20. The number of piperidine rings is 1. The van der Waals surface area contributed by atoms with E-state index in [0.29, 0.717) is 12.1 Å². The van der Waals surface area contributed by atoms with Crippen molar-refractivity contribution in [3.63, 3.8) is 0 Å². The molecule has 2 aromatic carbocycles. The molecule has 9 heteroatoms. The monoisotopic (exact) mass is 508 g/mol. The zero-order chi connectivity index (χ0) is 26.9. The predicted octanol–water partition coefficient (Wildman–Crippen LogP) is 3.60. The Balaban J connectivity index is 1.52. The summed E-state index contributed by atoms with van der Waals surface area (Å²) in [4.78, 5) is 57.0. The van der Waals surface area contributed by atoms with E-state index >= 15 is 0 Å². The van der Waals surface area contributed by atoms with Crippen LogP contribution in [0, 0.1) is 11.7 Å². The maximum absolute atomic E-state index is 14.4. The first-order chi connectivity index (χ1) is 17.6. The second-order valence-electron chi connectivity index (χ2n) is 10.0. The molecule has 2 aliphatic heterocycles. The molecule has 8 nitrogen and oxygen atoms in total.